The standard InChI is InChI=1S/C12H19F3N4O4/c1-18(7-10(21)19-2-4-23-5-3-19)6-9(20)17-11(22)16-8-12(13,14)15/h2-8H2,1H3,(H2,16,17,20,22). The Labute approximate surface area is 130 Å². The van der Waals surface area contributed by atoms with Gasteiger partial charge in [-0.25, -0.2) is 4.79 Å². The Balaban J connectivity index is 2.27. The highest BCUT2D eigenvalue weighted by Gasteiger charge is 2.28. The number of imide groups is 1. The maximum Gasteiger partial charge on any atom is 0.405 e. The molecule has 11 heteroatoms. The van der Waals surface area contributed by atoms with E-state index >= 15 is 0 Å². The first kappa shape index (κ1) is 19.2. The molecule has 1 rings (SSSR count). The number of carbonyl (C=O) groups excluding carboxylic acids is 3. The Morgan fingerprint density at radius 2 is 1.78 bits per heavy atom. The zero-order chi connectivity index (χ0) is 17.5. The monoisotopic (exact) mass is 340 g/mol. The van der Waals surface area contributed by atoms with Gasteiger partial charge >= 0.3 is 12.2 Å². The second kappa shape index (κ2) is 8.67. The molecule has 0 aromatic rings. The molecular formula is C12H19F3N4O4. The second-order valence-corrected chi connectivity index (χ2v) is 5.01. The van der Waals surface area contributed by atoms with Crippen LogP contribution in [0.25, 0.3) is 0 Å². The second-order valence-electron chi connectivity index (χ2n) is 5.01. The highest BCUT2D eigenvalue weighted by molar-refractivity contribution is 5.95. The predicted octanol–water partition coefficient (Wildman–Crippen LogP) is -0.835. The number of hydrogen-bond donors (Lipinski definition) is 2. The van der Waals surface area contributed by atoms with Crippen molar-refractivity contribution in [1.29, 1.82) is 0 Å². The first-order valence-electron chi connectivity index (χ1n) is 6.86. The molecule has 0 saturated carbocycles. The molecule has 0 aromatic carbocycles. The molecule has 23 heavy (non-hydrogen) atoms. The molecule has 0 bridgehead atoms. The fourth-order valence-corrected chi connectivity index (χ4v) is 1.84. The van der Waals surface area contributed by atoms with Crippen LogP contribution in [-0.2, 0) is 14.3 Å². The molecule has 0 radical (unpaired) electrons. The van der Waals surface area contributed by atoms with Gasteiger partial charge in [-0.1, -0.05) is 0 Å². The number of nitrogens with one attached hydrogen (secondary N) is 2. The summed E-state index contributed by atoms with van der Waals surface area (Å²) < 4.78 is 40.8. The molecule has 2 N–H and O–H groups in total. The number of alkyl halides is 3. The van der Waals surface area contributed by atoms with Crippen LogP contribution in [0.5, 0.6) is 0 Å². The van der Waals surface area contributed by atoms with Crippen molar-refractivity contribution in [3.8, 4) is 0 Å². The molecule has 1 aliphatic rings. The number of urea groups is 1. The first-order chi connectivity index (χ1) is 10.7. The van der Waals surface area contributed by atoms with E-state index in [1.807, 2.05) is 0 Å². The predicted molar refractivity (Wildman–Crippen MR) is 72.5 cm³/mol. The zero-order valence-electron chi connectivity index (χ0n) is 12.6. The number of carbonyl (C=O) groups is 3. The van der Waals surface area contributed by atoms with Gasteiger partial charge in [0, 0.05) is 13.1 Å². The van der Waals surface area contributed by atoms with Crippen LogP contribution in [0.2, 0.25) is 0 Å². The van der Waals surface area contributed by atoms with Crippen LogP contribution in [0.3, 0.4) is 0 Å². The molecule has 1 heterocycles. The number of morpholine rings is 1. The molecule has 0 aromatic heterocycles. The largest absolute Gasteiger partial charge is 0.405 e. The van der Waals surface area contributed by atoms with E-state index in [-0.39, 0.29) is 19.0 Å². The van der Waals surface area contributed by atoms with Crippen molar-refractivity contribution in [2.24, 2.45) is 0 Å². The number of likely N-dealkylation sites (N-methyl/N-ethyl adjacent to an activating group) is 1. The Hall–Kier alpha value is -1.88. The minimum absolute atomic E-state index is 0.0441. The van der Waals surface area contributed by atoms with Gasteiger partial charge in [-0.3, -0.25) is 19.8 Å². The van der Waals surface area contributed by atoms with Gasteiger partial charge in [0.25, 0.3) is 0 Å². The minimum Gasteiger partial charge on any atom is -0.378 e. The number of hydrogen-bond acceptors (Lipinski definition) is 5. The quantitative estimate of drug-likeness (QED) is 0.681. The fourth-order valence-electron chi connectivity index (χ4n) is 1.84. The van der Waals surface area contributed by atoms with Crippen LogP contribution in [-0.4, -0.2) is 86.8 Å². The highest BCUT2D eigenvalue weighted by atomic mass is 19.4. The summed E-state index contributed by atoms with van der Waals surface area (Å²) in [7, 11) is 1.49. The summed E-state index contributed by atoms with van der Waals surface area (Å²) >= 11 is 0. The summed E-state index contributed by atoms with van der Waals surface area (Å²) in [6, 6.07) is -1.24. The normalized spacial score (nSPS) is 15.4. The molecule has 0 spiro atoms. The number of ether oxygens (including phenoxy) is 1. The molecule has 132 valence electrons. The number of halogens is 3. The summed E-state index contributed by atoms with van der Waals surface area (Å²) in [5, 5.41) is 3.28. The maximum absolute atomic E-state index is 11.9. The van der Waals surface area contributed by atoms with E-state index in [9.17, 15) is 27.6 Å². The van der Waals surface area contributed by atoms with Crippen molar-refractivity contribution in [2.75, 3.05) is 53.0 Å². The Morgan fingerprint density at radius 1 is 1.17 bits per heavy atom. The molecule has 8 nitrogen and oxygen atoms in total. The van der Waals surface area contributed by atoms with Crippen LogP contribution in [0.4, 0.5) is 18.0 Å². The van der Waals surface area contributed by atoms with E-state index in [0.29, 0.717) is 26.3 Å². The average Bonchev–Trinajstić information content (AvgIpc) is 2.45. The Morgan fingerprint density at radius 3 is 2.35 bits per heavy atom. The van der Waals surface area contributed by atoms with E-state index in [2.05, 4.69) is 0 Å². The molecule has 1 fully saturated rings. The molecule has 1 aliphatic heterocycles. The van der Waals surface area contributed by atoms with Crippen molar-refractivity contribution in [2.45, 2.75) is 6.18 Å². The van der Waals surface area contributed by atoms with Crippen LogP contribution in [0, 0.1) is 0 Å². The van der Waals surface area contributed by atoms with Crippen molar-refractivity contribution in [3.05, 3.63) is 0 Å². The van der Waals surface area contributed by atoms with Crippen molar-refractivity contribution in [1.82, 2.24) is 20.4 Å². The fraction of sp³-hybridized carbons (Fsp3) is 0.750. The van der Waals surface area contributed by atoms with E-state index in [1.54, 1.807) is 10.2 Å². The van der Waals surface area contributed by atoms with E-state index in [0.717, 1.165) is 0 Å². The average molecular weight is 340 g/mol. The molecule has 1 saturated heterocycles. The lowest BCUT2D eigenvalue weighted by Crippen LogP contribution is -2.49. The van der Waals surface area contributed by atoms with Gasteiger partial charge in [0.15, 0.2) is 0 Å². The van der Waals surface area contributed by atoms with Crippen molar-refractivity contribution < 1.29 is 32.3 Å². The van der Waals surface area contributed by atoms with Gasteiger partial charge in [-0.05, 0) is 7.05 Å². The topological polar surface area (TPSA) is 91.0 Å². The molecular weight excluding hydrogens is 321 g/mol. The smallest absolute Gasteiger partial charge is 0.378 e. The van der Waals surface area contributed by atoms with E-state index < -0.39 is 24.7 Å². The van der Waals surface area contributed by atoms with E-state index in [1.165, 1.54) is 17.3 Å². The van der Waals surface area contributed by atoms with Gasteiger partial charge in [0.1, 0.15) is 6.54 Å². The Kier molecular flexibility index (Phi) is 7.23. The third-order valence-electron chi connectivity index (χ3n) is 2.88. The van der Waals surface area contributed by atoms with E-state index in [4.69, 9.17) is 4.74 Å². The van der Waals surface area contributed by atoms with Gasteiger partial charge < -0.3 is 15.0 Å². The SMILES string of the molecule is CN(CC(=O)NC(=O)NCC(F)(F)F)CC(=O)N1CCOCC1. The lowest BCUT2D eigenvalue weighted by Gasteiger charge is -2.28. The van der Waals surface area contributed by atoms with Crippen LogP contribution in [0.15, 0.2) is 0 Å². The number of nitrogens with zero attached hydrogens (tertiary/aromatic N) is 2. The summed E-state index contributed by atoms with van der Waals surface area (Å²) in [5.74, 6) is -0.993. The Bertz CT molecular complexity index is 439. The van der Waals surface area contributed by atoms with Gasteiger partial charge in [-0.15, -0.1) is 0 Å². The number of amides is 4. The zero-order valence-corrected chi connectivity index (χ0v) is 12.6. The number of rotatable bonds is 5. The van der Waals surface area contributed by atoms with Crippen LogP contribution < -0.4 is 10.6 Å². The maximum atomic E-state index is 11.9. The van der Waals surface area contributed by atoms with Gasteiger partial charge in [0.05, 0.1) is 26.3 Å². The molecule has 0 atom stereocenters. The molecule has 4 amide bonds. The lowest BCUT2D eigenvalue weighted by atomic mass is 10.3. The molecule has 0 aliphatic carbocycles. The third-order valence-corrected chi connectivity index (χ3v) is 2.88. The summed E-state index contributed by atoms with van der Waals surface area (Å²) in [5.41, 5.74) is 0. The summed E-state index contributed by atoms with van der Waals surface area (Å²) in [4.78, 5) is 37.5. The first-order valence-corrected chi connectivity index (χ1v) is 6.86. The summed E-state index contributed by atoms with van der Waals surface area (Å²) in [6.45, 7) is -0.0212. The van der Waals surface area contributed by atoms with Gasteiger partial charge in [0.2, 0.25) is 11.8 Å². The molecule has 0 unspecified atom stereocenters. The van der Waals surface area contributed by atoms with Crippen LogP contribution >= 0.6 is 0 Å². The minimum atomic E-state index is -4.55. The third kappa shape index (κ3) is 8.35. The van der Waals surface area contributed by atoms with Gasteiger partial charge in [-0.2, -0.15) is 13.2 Å². The van der Waals surface area contributed by atoms with Crippen LogP contribution in [0.1, 0.15) is 0 Å². The summed E-state index contributed by atoms with van der Waals surface area (Å²) in [6.07, 6.45) is -4.55. The van der Waals surface area contributed by atoms with Crippen molar-refractivity contribution in [3.63, 3.8) is 0 Å². The van der Waals surface area contributed by atoms with Crippen molar-refractivity contribution >= 4 is 17.8 Å². The lowest BCUT2D eigenvalue weighted by molar-refractivity contribution is -0.136. The highest BCUT2D eigenvalue weighted by Crippen LogP contribution is 2.11.